The maximum Gasteiger partial charge on any atom is 0.325 e. The summed E-state index contributed by atoms with van der Waals surface area (Å²) in [7, 11) is 3.40. The van der Waals surface area contributed by atoms with Gasteiger partial charge in [-0.2, -0.15) is 0 Å². The largest absolute Gasteiger partial charge is 0.345 e. The number of hydrogen-bond donors (Lipinski definition) is 1. The first-order valence-corrected chi connectivity index (χ1v) is 9.41. The van der Waals surface area contributed by atoms with Crippen molar-refractivity contribution in [3.05, 3.63) is 70.8 Å². The van der Waals surface area contributed by atoms with E-state index in [0.717, 1.165) is 17.5 Å². The van der Waals surface area contributed by atoms with Crippen molar-refractivity contribution in [2.45, 2.75) is 31.3 Å². The van der Waals surface area contributed by atoms with E-state index in [-0.39, 0.29) is 24.4 Å². The molecule has 4 amide bonds. The normalized spacial score (nSPS) is 20.9. The highest BCUT2D eigenvalue weighted by Crippen LogP contribution is 2.34. The number of urea groups is 1. The predicted molar refractivity (Wildman–Crippen MR) is 105 cm³/mol. The van der Waals surface area contributed by atoms with E-state index in [0.29, 0.717) is 18.4 Å². The van der Waals surface area contributed by atoms with Gasteiger partial charge in [-0.3, -0.25) is 14.5 Å². The van der Waals surface area contributed by atoms with Gasteiger partial charge in [0.25, 0.3) is 11.8 Å². The Morgan fingerprint density at radius 2 is 1.75 bits per heavy atom. The second-order valence-electron chi connectivity index (χ2n) is 7.75. The molecule has 1 saturated heterocycles. The van der Waals surface area contributed by atoms with Gasteiger partial charge in [-0.1, -0.05) is 36.4 Å². The quantitative estimate of drug-likeness (QED) is 0.835. The molecule has 1 heterocycles. The molecule has 6 nitrogen and oxygen atoms in total. The lowest BCUT2D eigenvalue weighted by molar-refractivity contribution is -0.132. The lowest BCUT2D eigenvalue weighted by Gasteiger charge is -2.32. The number of hydrogen-bond acceptors (Lipinski definition) is 3. The summed E-state index contributed by atoms with van der Waals surface area (Å²) in [6.07, 6.45) is 1.92. The molecule has 1 aliphatic heterocycles. The van der Waals surface area contributed by atoms with Crippen molar-refractivity contribution in [1.82, 2.24) is 15.1 Å². The van der Waals surface area contributed by atoms with Crippen molar-refractivity contribution in [3.63, 3.8) is 0 Å². The van der Waals surface area contributed by atoms with Gasteiger partial charge in [-0.15, -0.1) is 0 Å². The van der Waals surface area contributed by atoms with Gasteiger partial charge in [0.05, 0.1) is 6.54 Å². The lowest BCUT2D eigenvalue weighted by atomic mass is 9.78. The number of imide groups is 1. The third-order valence-electron chi connectivity index (χ3n) is 5.63. The zero-order valence-corrected chi connectivity index (χ0v) is 16.1. The average molecular weight is 377 g/mol. The highest BCUT2D eigenvalue weighted by atomic mass is 16.2. The zero-order chi connectivity index (χ0) is 19.9. The fourth-order valence-electron chi connectivity index (χ4n) is 4.04. The van der Waals surface area contributed by atoms with Crippen LogP contribution in [0.15, 0.2) is 48.5 Å². The van der Waals surface area contributed by atoms with E-state index >= 15 is 0 Å². The van der Waals surface area contributed by atoms with E-state index in [2.05, 4.69) is 11.4 Å². The summed E-state index contributed by atoms with van der Waals surface area (Å²) in [6, 6.07) is 14.8. The molecule has 1 unspecified atom stereocenters. The van der Waals surface area contributed by atoms with Crippen LogP contribution in [0, 0.1) is 0 Å². The van der Waals surface area contributed by atoms with Crippen molar-refractivity contribution in [2.24, 2.45) is 0 Å². The monoisotopic (exact) mass is 377 g/mol. The van der Waals surface area contributed by atoms with Crippen molar-refractivity contribution in [1.29, 1.82) is 0 Å². The number of nitrogens with zero attached hydrogens (tertiary/aromatic N) is 2. The van der Waals surface area contributed by atoms with Crippen LogP contribution in [-0.4, -0.2) is 47.3 Å². The summed E-state index contributed by atoms with van der Waals surface area (Å²) in [6.45, 7) is 0.199. The molecule has 0 saturated carbocycles. The maximum atomic E-state index is 13.2. The molecule has 0 radical (unpaired) electrons. The molecule has 6 heteroatoms. The van der Waals surface area contributed by atoms with Crippen molar-refractivity contribution in [2.75, 3.05) is 14.1 Å². The van der Waals surface area contributed by atoms with Gasteiger partial charge in [0.2, 0.25) is 0 Å². The van der Waals surface area contributed by atoms with Crippen molar-refractivity contribution < 1.29 is 14.4 Å². The SMILES string of the molecule is CN(C)C(=O)c1ccc(CN2C(=O)NC3(CCc4ccccc4C3)C2=O)cc1. The van der Waals surface area contributed by atoms with Gasteiger partial charge < -0.3 is 10.2 Å². The lowest BCUT2D eigenvalue weighted by Crippen LogP contribution is -2.51. The molecule has 1 fully saturated rings. The Bertz CT molecular complexity index is 952. The topological polar surface area (TPSA) is 69.7 Å². The third-order valence-corrected chi connectivity index (χ3v) is 5.63. The number of carbonyl (C=O) groups excluding carboxylic acids is 3. The van der Waals surface area contributed by atoms with Crippen LogP contribution in [0.3, 0.4) is 0 Å². The van der Waals surface area contributed by atoms with Gasteiger partial charge in [0.1, 0.15) is 5.54 Å². The van der Waals surface area contributed by atoms with Crippen LogP contribution < -0.4 is 5.32 Å². The number of rotatable bonds is 3. The number of fused-ring (bicyclic) bond motifs is 1. The minimum absolute atomic E-state index is 0.0821. The Morgan fingerprint density at radius 1 is 1.07 bits per heavy atom. The molecule has 1 atom stereocenters. The van der Waals surface area contributed by atoms with E-state index in [1.165, 1.54) is 15.4 Å². The molecule has 0 aromatic heterocycles. The van der Waals surface area contributed by atoms with Crippen molar-refractivity contribution >= 4 is 17.8 Å². The van der Waals surface area contributed by atoms with Gasteiger partial charge >= 0.3 is 6.03 Å². The number of nitrogens with one attached hydrogen (secondary N) is 1. The molecule has 1 N–H and O–H groups in total. The van der Waals surface area contributed by atoms with Crippen LogP contribution in [0.5, 0.6) is 0 Å². The first kappa shape index (κ1) is 18.2. The van der Waals surface area contributed by atoms with Crippen LogP contribution in [0.2, 0.25) is 0 Å². The van der Waals surface area contributed by atoms with E-state index in [1.54, 1.807) is 38.4 Å². The summed E-state index contributed by atoms with van der Waals surface area (Å²) in [5.74, 6) is -0.248. The van der Waals surface area contributed by atoms with E-state index < -0.39 is 5.54 Å². The summed E-state index contributed by atoms with van der Waals surface area (Å²) >= 11 is 0. The van der Waals surface area contributed by atoms with Gasteiger partial charge in [-0.25, -0.2) is 4.79 Å². The van der Waals surface area contributed by atoms with Crippen LogP contribution in [0.1, 0.15) is 33.5 Å². The third kappa shape index (κ3) is 3.05. The first-order chi connectivity index (χ1) is 13.4. The second kappa shape index (κ2) is 6.78. The molecule has 4 rings (SSSR count). The van der Waals surface area contributed by atoms with Crippen LogP contribution >= 0.6 is 0 Å². The van der Waals surface area contributed by atoms with Gasteiger partial charge in [0.15, 0.2) is 0 Å². The molecule has 0 bridgehead atoms. The molecule has 1 aliphatic carbocycles. The summed E-state index contributed by atoms with van der Waals surface area (Å²) in [5.41, 5.74) is 2.91. The van der Waals surface area contributed by atoms with Crippen LogP contribution in [0.25, 0.3) is 0 Å². The zero-order valence-electron chi connectivity index (χ0n) is 16.1. The Kier molecular flexibility index (Phi) is 4.41. The predicted octanol–water partition coefficient (Wildman–Crippen LogP) is 2.37. The number of amides is 4. The second-order valence-corrected chi connectivity index (χ2v) is 7.75. The molecule has 144 valence electrons. The minimum Gasteiger partial charge on any atom is -0.345 e. The molecule has 2 aromatic carbocycles. The average Bonchev–Trinajstić information content (AvgIpc) is 2.91. The summed E-state index contributed by atoms with van der Waals surface area (Å²) < 4.78 is 0. The Hall–Kier alpha value is -3.15. The fourth-order valence-corrected chi connectivity index (χ4v) is 4.04. The fraction of sp³-hybridized carbons (Fsp3) is 0.318. The van der Waals surface area contributed by atoms with E-state index in [4.69, 9.17) is 0 Å². The highest BCUT2D eigenvalue weighted by Gasteiger charge is 2.52. The first-order valence-electron chi connectivity index (χ1n) is 9.41. The maximum absolute atomic E-state index is 13.2. The molecular weight excluding hydrogens is 354 g/mol. The van der Waals surface area contributed by atoms with E-state index in [9.17, 15) is 14.4 Å². The Labute approximate surface area is 164 Å². The number of benzene rings is 2. The highest BCUT2D eigenvalue weighted by molar-refractivity contribution is 6.07. The standard InChI is InChI=1S/C22H23N3O3/c1-24(2)19(26)17-9-7-15(8-10-17)14-25-20(27)22(23-21(25)28)12-11-16-5-3-4-6-18(16)13-22/h3-10H,11-14H2,1-2H3,(H,23,28). The van der Waals surface area contributed by atoms with Crippen LogP contribution in [0.4, 0.5) is 4.79 Å². The number of aryl methyl sites for hydroxylation is 1. The molecule has 2 aromatic rings. The van der Waals surface area contributed by atoms with Gasteiger partial charge in [-0.05, 0) is 41.7 Å². The Balaban J connectivity index is 1.52. The molecule has 28 heavy (non-hydrogen) atoms. The smallest absolute Gasteiger partial charge is 0.325 e. The number of carbonyl (C=O) groups is 3. The van der Waals surface area contributed by atoms with Gasteiger partial charge in [0, 0.05) is 26.1 Å². The van der Waals surface area contributed by atoms with Crippen molar-refractivity contribution in [3.8, 4) is 0 Å². The molecule has 2 aliphatic rings. The summed E-state index contributed by atoms with van der Waals surface area (Å²) in [4.78, 5) is 40.5. The van der Waals surface area contributed by atoms with Crippen LogP contribution in [-0.2, 0) is 24.2 Å². The molecule has 1 spiro atoms. The Morgan fingerprint density at radius 3 is 2.43 bits per heavy atom. The summed E-state index contributed by atoms with van der Waals surface area (Å²) in [5, 5.41) is 2.95. The molecular formula is C22H23N3O3. The van der Waals surface area contributed by atoms with E-state index in [1.807, 2.05) is 18.2 Å². The minimum atomic E-state index is -0.841.